The first-order valence-corrected chi connectivity index (χ1v) is 6.46. The highest BCUT2D eigenvalue weighted by molar-refractivity contribution is 6.01. The molecule has 0 amide bonds. The number of hydrogen-bond acceptors (Lipinski definition) is 5. The Hall–Kier alpha value is -1.82. The molecule has 0 aromatic carbocycles. The zero-order valence-electron chi connectivity index (χ0n) is 11.5. The van der Waals surface area contributed by atoms with Gasteiger partial charge in [0.2, 0.25) is 0 Å². The molecule has 1 unspecified atom stereocenters. The highest BCUT2D eigenvalue weighted by Crippen LogP contribution is 2.21. The lowest BCUT2D eigenvalue weighted by Gasteiger charge is -2.28. The summed E-state index contributed by atoms with van der Waals surface area (Å²) < 4.78 is 0. The SMILES string of the molecule is CN(CC1CCCN1C)c1cnccc1/C(N)=N/O. The van der Waals surface area contributed by atoms with Crippen LogP contribution in [0.4, 0.5) is 5.69 Å². The van der Waals surface area contributed by atoms with Crippen molar-refractivity contribution in [2.24, 2.45) is 10.9 Å². The van der Waals surface area contributed by atoms with E-state index in [1.54, 1.807) is 18.5 Å². The number of rotatable bonds is 4. The number of anilines is 1. The molecule has 1 aliphatic rings. The molecule has 6 nitrogen and oxygen atoms in total. The van der Waals surface area contributed by atoms with Crippen LogP contribution in [0.15, 0.2) is 23.6 Å². The molecule has 6 heteroatoms. The molecule has 0 saturated carbocycles. The molecule has 2 heterocycles. The van der Waals surface area contributed by atoms with Crippen molar-refractivity contribution < 1.29 is 5.21 Å². The monoisotopic (exact) mass is 263 g/mol. The lowest BCUT2D eigenvalue weighted by Crippen LogP contribution is -2.37. The van der Waals surface area contributed by atoms with Gasteiger partial charge in [0, 0.05) is 31.4 Å². The van der Waals surface area contributed by atoms with E-state index < -0.39 is 0 Å². The van der Waals surface area contributed by atoms with Crippen LogP contribution in [0.1, 0.15) is 18.4 Å². The number of likely N-dealkylation sites (tertiary alicyclic amines) is 1. The van der Waals surface area contributed by atoms with E-state index in [0.29, 0.717) is 11.6 Å². The summed E-state index contributed by atoms with van der Waals surface area (Å²) in [7, 11) is 4.16. The molecule has 1 saturated heterocycles. The maximum absolute atomic E-state index is 8.84. The molecule has 0 radical (unpaired) electrons. The fourth-order valence-corrected chi connectivity index (χ4v) is 2.59. The van der Waals surface area contributed by atoms with Gasteiger partial charge in [-0.25, -0.2) is 0 Å². The largest absolute Gasteiger partial charge is 0.409 e. The molecule has 0 bridgehead atoms. The molecule has 0 aliphatic carbocycles. The molecule has 19 heavy (non-hydrogen) atoms. The number of aromatic nitrogens is 1. The number of likely N-dealkylation sites (N-methyl/N-ethyl adjacent to an activating group) is 2. The first-order valence-electron chi connectivity index (χ1n) is 6.46. The molecule has 1 aromatic heterocycles. The van der Waals surface area contributed by atoms with Crippen LogP contribution < -0.4 is 10.6 Å². The van der Waals surface area contributed by atoms with E-state index in [9.17, 15) is 0 Å². The zero-order chi connectivity index (χ0) is 13.8. The fraction of sp³-hybridized carbons (Fsp3) is 0.538. The molecule has 1 aliphatic heterocycles. The number of oxime groups is 1. The molecular weight excluding hydrogens is 242 g/mol. The van der Waals surface area contributed by atoms with Gasteiger partial charge in [-0.3, -0.25) is 4.98 Å². The Kier molecular flexibility index (Phi) is 4.21. The van der Waals surface area contributed by atoms with Gasteiger partial charge in [-0.1, -0.05) is 5.16 Å². The van der Waals surface area contributed by atoms with Crippen LogP contribution in [-0.4, -0.2) is 54.2 Å². The van der Waals surface area contributed by atoms with Crippen molar-refractivity contribution in [2.45, 2.75) is 18.9 Å². The minimum Gasteiger partial charge on any atom is -0.409 e. The van der Waals surface area contributed by atoms with E-state index in [1.807, 2.05) is 7.05 Å². The Bertz CT molecular complexity index is 462. The maximum atomic E-state index is 8.84. The Balaban J connectivity index is 2.16. The topological polar surface area (TPSA) is 78.0 Å². The molecule has 0 spiro atoms. The van der Waals surface area contributed by atoms with Crippen LogP contribution in [0.5, 0.6) is 0 Å². The molecule has 1 atom stereocenters. The highest BCUT2D eigenvalue weighted by Gasteiger charge is 2.23. The fourth-order valence-electron chi connectivity index (χ4n) is 2.59. The minimum atomic E-state index is 0.115. The zero-order valence-corrected chi connectivity index (χ0v) is 11.5. The third-order valence-electron chi connectivity index (χ3n) is 3.75. The van der Waals surface area contributed by atoms with Crippen LogP contribution in [0.3, 0.4) is 0 Å². The highest BCUT2D eigenvalue weighted by atomic mass is 16.4. The van der Waals surface area contributed by atoms with E-state index >= 15 is 0 Å². The Morgan fingerprint density at radius 1 is 1.68 bits per heavy atom. The van der Waals surface area contributed by atoms with E-state index in [4.69, 9.17) is 10.9 Å². The van der Waals surface area contributed by atoms with Gasteiger partial charge in [0.1, 0.15) is 0 Å². The summed E-state index contributed by atoms with van der Waals surface area (Å²) in [5.41, 5.74) is 7.30. The quantitative estimate of drug-likeness (QED) is 0.362. The predicted molar refractivity (Wildman–Crippen MR) is 75.7 cm³/mol. The number of nitrogens with zero attached hydrogens (tertiary/aromatic N) is 4. The Labute approximate surface area is 113 Å². The van der Waals surface area contributed by atoms with Crippen LogP contribution in [-0.2, 0) is 0 Å². The predicted octanol–water partition coefficient (Wildman–Crippen LogP) is 0.707. The van der Waals surface area contributed by atoms with Crippen molar-refractivity contribution in [3.8, 4) is 0 Å². The Morgan fingerprint density at radius 2 is 2.47 bits per heavy atom. The van der Waals surface area contributed by atoms with Crippen molar-refractivity contribution >= 4 is 11.5 Å². The van der Waals surface area contributed by atoms with Gasteiger partial charge in [-0.05, 0) is 32.5 Å². The van der Waals surface area contributed by atoms with Gasteiger partial charge in [0.25, 0.3) is 0 Å². The van der Waals surface area contributed by atoms with Crippen molar-refractivity contribution in [2.75, 3.05) is 32.1 Å². The summed E-state index contributed by atoms with van der Waals surface area (Å²) in [6, 6.07) is 2.31. The average molecular weight is 263 g/mol. The first kappa shape index (κ1) is 13.6. The molecule has 1 fully saturated rings. The second-order valence-electron chi connectivity index (χ2n) is 5.04. The first-order chi connectivity index (χ1) is 9.13. The minimum absolute atomic E-state index is 0.115. The number of nitrogens with two attached hydrogens (primary N) is 1. The van der Waals surface area contributed by atoms with E-state index in [0.717, 1.165) is 18.8 Å². The van der Waals surface area contributed by atoms with Crippen LogP contribution in [0.25, 0.3) is 0 Å². The summed E-state index contributed by atoms with van der Waals surface area (Å²) >= 11 is 0. The third-order valence-corrected chi connectivity index (χ3v) is 3.75. The van der Waals surface area contributed by atoms with Gasteiger partial charge < -0.3 is 20.7 Å². The normalized spacial score (nSPS) is 20.7. The van der Waals surface area contributed by atoms with Crippen molar-refractivity contribution in [3.63, 3.8) is 0 Å². The molecule has 3 N–H and O–H groups in total. The van der Waals surface area contributed by atoms with Gasteiger partial charge in [-0.15, -0.1) is 0 Å². The summed E-state index contributed by atoms with van der Waals surface area (Å²) in [6.07, 6.45) is 5.85. The van der Waals surface area contributed by atoms with E-state index in [1.165, 1.54) is 12.8 Å². The number of pyridine rings is 1. The second kappa shape index (κ2) is 5.88. The lowest BCUT2D eigenvalue weighted by atomic mass is 10.1. The summed E-state index contributed by atoms with van der Waals surface area (Å²) in [5.74, 6) is 0.115. The smallest absolute Gasteiger partial charge is 0.172 e. The second-order valence-corrected chi connectivity index (χ2v) is 5.04. The number of amidine groups is 1. The summed E-state index contributed by atoms with van der Waals surface area (Å²) in [6.45, 7) is 2.06. The van der Waals surface area contributed by atoms with Gasteiger partial charge in [0.05, 0.1) is 11.9 Å². The average Bonchev–Trinajstić information content (AvgIpc) is 2.83. The Morgan fingerprint density at radius 3 is 3.11 bits per heavy atom. The van der Waals surface area contributed by atoms with Crippen LogP contribution in [0, 0.1) is 0 Å². The summed E-state index contributed by atoms with van der Waals surface area (Å²) in [4.78, 5) is 8.62. The number of hydrogen-bond donors (Lipinski definition) is 2. The molecule has 104 valence electrons. The van der Waals surface area contributed by atoms with Crippen molar-refractivity contribution in [3.05, 3.63) is 24.0 Å². The third kappa shape index (κ3) is 2.96. The maximum Gasteiger partial charge on any atom is 0.172 e. The van der Waals surface area contributed by atoms with E-state index in [2.05, 4.69) is 27.0 Å². The summed E-state index contributed by atoms with van der Waals surface area (Å²) in [5, 5.41) is 11.9. The molecule has 2 rings (SSSR count). The van der Waals surface area contributed by atoms with Crippen molar-refractivity contribution in [1.29, 1.82) is 0 Å². The molecular formula is C13H21N5O. The van der Waals surface area contributed by atoms with Crippen molar-refractivity contribution in [1.82, 2.24) is 9.88 Å². The molecule has 1 aromatic rings. The standard InChI is InChI=1S/C13H21N5O/c1-17-7-3-4-10(17)9-18(2)12-8-15-6-5-11(12)13(14)16-19/h5-6,8,10,19H,3-4,7,9H2,1-2H3,(H2,14,16). The van der Waals surface area contributed by atoms with Gasteiger partial charge in [0.15, 0.2) is 5.84 Å². The van der Waals surface area contributed by atoms with Crippen LogP contribution in [0.2, 0.25) is 0 Å². The van der Waals surface area contributed by atoms with E-state index in [-0.39, 0.29) is 5.84 Å². The lowest BCUT2D eigenvalue weighted by molar-refractivity contribution is 0.314. The van der Waals surface area contributed by atoms with Gasteiger partial charge >= 0.3 is 0 Å². The van der Waals surface area contributed by atoms with Gasteiger partial charge in [-0.2, -0.15) is 0 Å². The van der Waals surface area contributed by atoms with Crippen LogP contribution >= 0.6 is 0 Å².